The molecular weight excluding hydrogens is 496 g/mol. The molecule has 1 aliphatic carbocycles. The van der Waals surface area contributed by atoms with Crippen molar-refractivity contribution in [2.24, 2.45) is 5.92 Å². The fraction of sp³-hybridized carbons (Fsp3) is 0.625. The minimum absolute atomic E-state index is 0.113. The fourth-order valence-electron chi connectivity index (χ4n) is 5.16. The maximum atomic E-state index is 13.1. The number of esters is 1. The van der Waals surface area contributed by atoms with Crippen LogP contribution in [0.1, 0.15) is 23.7 Å². The molecule has 206 valence electrons. The highest BCUT2D eigenvalue weighted by Crippen LogP contribution is 2.51. The largest absolute Gasteiger partial charge is 0.493 e. The van der Waals surface area contributed by atoms with Crippen LogP contribution in [0.5, 0.6) is 11.5 Å². The van der Waals surface area contributed by atoms with E-state index in [9.17, 15) is 35.4 Å². The number of ether oxygens (including phenoxy) is 6. The van der Waals surface area contributed by atoms with Gasteiger partial charge in [0, 0.05) is 6.42 Å². The molecule has 13 heteroatoms. The minimum atomic E-state index is -1.95. The summed E-state index contributed by atoms with van der Waals surface area (Å²) in [6.45, 7) is 0.812. The molecule has 4 rings (SSSR count). The van der Waals surface area contributed by atoms with Crippen LogP contribution in [0.2, 0.25) is 0 Å². The Balaban J connectivity index is 1.60. The lowest BCUT2D eigenvalue weighted by atomic mass is 9.81. The molecule has 2 heterocycles. The second-order valence-electron chi connectivity index (χ2n) is 9.50. The van der Waals surface area contributed by atoms with Crippen LogP contribution in [0.25, 0.3) is 0 Å². The first-order chi connectivity index (χ1) is 17.5. The molecule has 0 aromatic heterocycles. The van der Waals surface area contributed by atoms with E-state index in [1.165, 1.54) is 45.4 Å². The summed E-state index contributed by atoms with van der Waals surface area (Å²) in [6.07, 6.45) is -8.63. The Morgan fingerprint density at radius 1 is 1.05 bits per heavy atom. The third-order valence-corrected chi connectivity index (χ3v) is 7.17. The van der Waals surface area contributed by atoms with Crippen LogP contribution in [0.4, 0.5) is 0 Å². The Morgan fingerprint density at radius 2 is 1.76 bits per heavy atom. The van der Waals surface area contributed by atoms with Crippen LogP contribution in [-0.4, -0.2) is 112 Å². The molecule has 0 unspecified atom stereocenters. The maximum absolute atomic E-state index is 13.1. The van der Waals surface area contributed by atoms with Gasteiger partial charge in [-0.25, -0.2) is 4.79 Å². The maximum Gasteiger partial charge on any atom is 0.338 e. The van der Waals surface area contributed by atoms with Gasteiger partial charge in [-0.1, -0.05) is 0 Å². The van der Waals surface area contributed by atoms with Crippen LogP contribution < -0.4 is 9.47 Å². The summed E-state index contributed by atoms with van der Waals surface area (Å²) in [4.78, 5) is 13.1. The van der Waals surface area contributed by atoms with Gasteiger partial charge in [-0.3, -0.25) is 0 Å². The van der Waals surface area contributed by atoms with Crippen molar-refractivity contribution in [3.63, 3.8) is 0 Å². The SMILES string of the molecule is COc1ccc(C(=O)O[C@@]2(C)C[C@@H](O)[C@]3(O)C=CO[C@@H](O[C@@H]4O[C@H](CO)[C@@H](O)[C@H](O)[C@H]4O)[C@@H]32)cc1OC. The number of hydrogen-bond donors (Lipinski definition) is 6. The topological polar surface area (TPSA) is 194 Å². The van der Waals surface area contributed by atoms with Crippen molar-refractivity contribution in [1.29, 1.82) is 0 Å². The molecule has 0 radical (unpaired) electrons. The standard InChI is InChI=1S/C24H32O13/c1-23(37-20(30)11-4-5-12(32-2)13(8-11)33-3)9-15(26)24(31)6-7-34-22(19(23)24)36-21-18(29)17(28)16(27)14(10-25)35-21/h4-8,14-19,21-22,25-29,31H,9-10H2,1-3H3/t14-,15-,16-,17+,18-,19-,21+,22+,23+,24-/m1/s1. The van der Waals surface area contributed by atoms with E-state index in [0.717, 1.165) is 6.26 Å². The third kappa shape index (κ3) is 4.77. The van der Waals surface area contributed by atoms with E-state index in [0.29, 0.717) is 5.75 Å². The average Bonchev–Trinajstić information content (AvgIpc) is 3.08. The summed E-state index contributed by atoms with van der Waals surface area (Å²) in [7, 11) is 2.86. The molecule has 1 saturated carbocycles. The normalized spacial score (nSPS) is 41.0. The highest BCUT2D eigenvalue weighted by molar-refractivity contribution is 5.90. The number of aliphatic hydroxyl groups excluding tert-OH is 5. The summed E-state index contributed by atoms with van der Waals surface area (Å²) in [6, 6.07) is 4.40. The smallest absolute Gasteiger partial charge is 0.338 e. The molecule has 2 aliphatic heterocycles. The predicted octanol–water partition coefficient (Wildman–Crippen LogP) is -1.58. The molecular formula is C24H32O13. The van der Waals surface area contributed by atoms with Gasteiger partial charge in [-0.2, -0.15) is 0 Å². The van der Waals surface area contributed by atoms with Crippen LogP contribution >= 0.6 is 0 Å². The van der Waals surface area contributed by atoms with E-state index in [4.69, 9.17) is 28.4 Å². The van der Waals surface area contributed by atoms with Gasteiger partial charge in [-0.05, 0) is 31.2 Å². The van der Waals surface area contributed by atoms with Crippen molar-refractivity contribution in [1.82, 2.24) is 0 Å². The van der Waals surface area contributed by atoms with Crippen molar-refractivity contribution in [2.75, 3.05) is 20.8 Å². The highest BCUT2D eigenvalue weighted by atomic mass is 16.8. The number of fused-ring (bicyclic) bond motifs is 1. The molecule has 0 amide bonds. The number of hydrogen-bond acceptors (Lipinski definition) is 13. The lowest BCUT2D eigenvalue weighted by Gasteiger charge is -2.46. The van der Waals surface area contributed by atoms with Gasteiger partial charge >= 0.3 is 5.97 Å². The van der Waals surface area contributed by atoms with Gasteiger partial charge < -0.3 is 59.1 Å². The van der Waals surface area contributed by atoms with Crippen molar-refractivity contribution in [3.05, 3.63) is 36.1 Å². The van der Waals surface area contributed by atoms with Crippen molar-refractivity contribution in [3.8, 4) is 11.5 Å². The van der Waals surface area contributed by atoms with Gasteiger partial charge in [-0.15, -0.1) is 0 Å². The number of methoxy groups -OCH3 is 2. The Morgan fingerprint density at radius 3 is 2.41 bits per heavy atom. The Labute approximate surface area is 212 Å². The lowest BCUT2D eigenvalue weighted by molar-refractivity contribution is -0.351. The van der Waals surface area contributed by atoms with Crippen molar-refractivity contribution in [2.45, 2.75) is 67.6 Å². The Bertz CT molecular complexity index is 1010. The van der Waals surface area contributed by atoms with Gasteiger partial charge in [0.15, 0.2) is 17.8 Å². The fourth-order valence-corrected chi connectivity index (χ4v) is 5.16. The summed E-state index contributed by atoms with van der Waals surface area (Å²) in [5, 5.41) is 62.1. The molecule has 2 fully saturated rings. The highest BCUT2D eigenvalue weighted by Gasteiger charge is 2.66. The number of aliphatic hydroxyl groups is 6. The average molecular weight is 529 g/mol. The predicted molar refractivity (Wildman–Crippen MR) is 121 cm³/mol. The first-order valence-corrected chi connectivity index (χ1v) is 11.6. The van der Waals surface area contributed by atoms with E-state index in [-0.39, 0.29) is 17.7 Å². The van der Waals surface area contributed by atoms with Crippen molar-refractivity contribution >= 4 is 5.97 Å². The zero-order chi connectivity index (χ0) is 27.1. The quantitative estimate of drug-likeness (QED) is 0.222. The van der Waals surface area contributed by atoms with Gasteiger partial charge in [0.25, 0.3) is 0 Å². The van der Waals surface area contributed by atoms with E-state index in [1.807, 2.05) is 0 Å². The summed E-state index contributed by atoms with van der Waals surface area (Å²) < 4.78 is 32.9. The molecule has 13 nitrogen and oxygen atoms in total. The number of benzene rings is 1. The van der Waals surface area contributed by atoms with Gasteiger partial charge in [0.1, 0.15) is 35.6 Å². The number of carbonyl (C=O) groups excluding carboxylic acids is 1. The third-order valence-electron chi connectivity index (χ3n) is 7.17. The van der Waals surface area contributed by atoms with Crippen LogP contribution in [-0.2, 0) is 18.9 Å². The van der Waals surface area contributed by atoms with Crippen LogP contribution in [0.15, 0.2) is 30.5 Å². The molecule has 1 aromatic rings. The van der Waals surface area contributed by atoms with Crippen LogP contribution in [0.3, 0.4) is 0 Å². The zero-order valence-corrected chi connectivity index (χ0v) is 20.5. The van der Waals surface area contributed by atoms with E-state index in [2.05, 4.69) is 0 Å². The second kappa shape index (κ2) is 10.3. The molecule has 10 atom stereocenters. The second-order valence-corrected chi connectivity index (χ2v) is 9.50. The molecule has 0 spiro atoms. The molecule has 37 heavy (non-hydrogen) atoms. The Kier molecular flexibility index (Phi) is 7.70. The first kappa shape index (κ1) is 27.5. The first-order valence-electron chi connectivity index (χ1n) is 11.6. The molecule has 1 aromatic carbocycles. The number of rotatable bonds is 7. The molecule has 6 N–H and O–H groups in total. The minimum Gasteiger partial charge on any atom is -0.493 e. The van der Waals surface area contributed by atoms with Gasteiger partial charge in [0.05, 0.1) is 44.7 Å². The zero-order valence-electron chi connectivity index (χ0n) is 20.5. The van der Waals surface area contributed by atoms with Crippen LogP contribution in [0, 0.1) is 5.92 Å². The lowest BCUT2D eigenvalue weighted by Crippen LogP contribution is -2.62. The number of carbonyl (C=O) groups is 1. The summed E-state index contributed by atoms with van der Waals surface area (Å²) in [5.41, 5.74) is -3.39. The van der Waals surface area contributed by atoms with E-state index in [1.54, 1.807) is 0 Å². The Hall–Kier alpha value is -2.49. The summed E-state index contributed by atoms with van der Waals surface area (Å²) >= 11 is 0. The van der Waals surface area contributed by atoms with Crippen molar-refractivity contribution < 1.29 is 63.9 Å². The van der Waals surface area contributed by atoms with E-state index >= 15 is 0 Å². The molecule has 0 bridgehead atoms. The monoisotopic (exact) mass is 528 g/mol. The summed E-state index contributed by atoms with van der Waals surface area (Å²) in [5.74, 6) is -1.33. The van der Waals surface area contributed by atoms with E-state index < -0.39 is 72.8 Å². The van der Waals surface area contributed by atoms with Gasteiger partial charge in [0.2, 0.25) is 6.29 Å². The molecule has 3 aliphatic rings. The molecule has 1 saturated heterocycles.